The summed E-state index contributed by atoms with van der Waals surface area (Å²) in [5.41, 5.74) is 0. The zero-order valence-electron chi connectivity index (χ0n) is 20.4. The van der Waals surface area contributed by atoms with Crippen LogP contribution in [0.1, 0.15) is 130 Å². The Morgan fingerprint density at radius 1 is 0.571 bits per heavy atom. The molecular weight excluding hydrogens is 340 g/mol. The van der Waals surface area contributed by atoms with Crippen molar-refractivity contribution in [1.82, 2.24) is 10.2 Å². The summed E-state index contributed by atoms with van der Waals surface area (Å²) in [5, 5.41) is 3.33. The van der Waals surface area contributed by atoms with Crippen LogP contribution in [0, 0.1) is 5.92 Å². The number of hydrogen-bond acceptors (Lipinski definition) is 2. The van der Waals surface area contributed by atoms with Gasteiger partial charge in [-0.1, -0.05) is 104 Å². The van der Waals surface area contributed by atoms with Crippen LogP contribution in [0.5, 0.6) is 0 Å². The third-order valence-electron chi connectivity index (χ3n) is 6.39. The van der Waals surface area contributed by atoms with Crippen LogP contribution in [0.15, 0.2) is 0 Å². The van der Waals surface area contributed by atoms with Gasteiger partial charge in [-0.15, -0.1) is 0 Å². The molecule has 0 saturated heterocycles. The van der Waals surface area contributed by atoms with E-state index >= 15 is 0 Å². The molecule has 0 radical (unpaired) electrons. The fraction of sp³-hybridized carbons (Fsp3) is 1.00. The van der Waals surface area contributed by atoms with Crippen molar-refractivity contribution in [1.29, 1.82) is 0 Å². The summed E-state index contributed by atoms with van der Waals surface area (Å²) >= 11 is 0. The van der Waals surface area contributed by atoms with Crippen LogP contribution in [-0.2, 0) is 0 Å². The smallest absolute Gasteiger partial charge is 0.00161 e. The lowest BCUT2D eigenvalue weighted by Crippen LogP contribution is -2.29. The Kier molecular flexibility index (Phi) is 23.1. The van der Waals surface area contributed by atoms with Crippen LogP contribution in [0.3, 0.4) is 0 Å². The highest BCUT2D eigenvalue weighted by Gasteiger charge is 2.10. The quantitative estimate of drug-likeness (QED) is 0.177. The van der Waals surface area contributed by atoms with E-state index in [1.54, 1.807) is 0 Å². The molecule has 0 bridgehead atoms. The molecule has 0 fully saturated rings. The van der Waals surface area contributed by atoms with Crippen molar-refractivity contribution < 1.29 is 0 Å². The second-order valence-electron chi connectivity index (χ2n) is 9.04. The molecular formula is C26H56N2. The van der Waals surface area contributed by atoms with Gasteiger partial charge in [-0.3, -0.25) is 0 Å². The first kappa shape index (κ1) is 27.9. The summed E-state index contributed by atoms with van der Waals surface area (Å²) in [6.45, 7) is 12.2. The van der Waals surface area contributed by atoms with Gasteiger partial charge in [-0.25, -0.2) is 0 Å². The van der Waals surface area contributed by atoms with Gasteiger partial charge in [0.2, 0.25) is 0 Å². The molecule has 0 rings (SSSR count). The standard InChI is InChI=1S/C26H56N2/c1-5-8-10-12-14-16-18-23-28(24-19-17-15-13-11-9-6-2)25-21-26(7-3)20-22-27-4/h26-27H,5-25H2,1-4H3. The van der Waals surface area contributed by atoms with Crippen LogP contribution in [0.2, 0.25) is 0 Å². The first-order valence-electron chi connectivity index (χ1n) is 13.1. The molecule has 1 atom stereocenters. The fourth-order valence-electron chi connectivity index (χ4n) is 4.19. The summed E-state index contributed by atoms with van der Waals surface area (Å²) < 4.78 is 0. The van der Waals surface area contributed by atoms with Gasteiger partial charge in [0.05, 0.1) is 0 Å². The maximum atomic E-state index is 3.33. The average Bonchev–Trinajstić information content (AvgIpc) is 2.71. The Bertz CT molecular complexity index is 262. The third kappa shape index (κ3) is 19.2. The number of unbranched alkanes of at least 4 members (excludes halogenated alkanes) is 12. The minimum Gasteiger partial charge on any atom is -0.320 e. The zero-order chi connectivity index (χ0) is 20.7. The van der Waals surface area contributed by atoms with Crippen molar-refractivity contribution in [3.63, 3.8) is 0 Å². The van der Waals surface area contributed by atoms with E-state index in [1.165, 1.54) is 135 Å². The van der Waals surface area contributed by atoms with Gasteiger partial charge in [0.1, 0.15) is 0 Å². The first-order valence-corrected chi connectivity index (χ1v) is 13.1. The second-order valence-corrected chi connectivity index (χ2v) is 9.04. The minimum absolute atomic E-state index is 0.901. The van der Waals surface area contributed by atoms with E-state index in [2.05, 4.69) is 38.0 Å². The van der Waals surface area contributed by atoms with Crippen molar-refractivity contribution in [3.05, 3.63) is 0 Å². The summed E-state index contributed by atoms with van der Waals surface area (Å²) in [5.74, 6) is 0.901. The lowest BCUT2D eigenvalue weighted by molar-refractivity contribution is 0.235. The van der Waals surface area contributed by atoms with Crippen LogP contribution in [-0.4, -0.2) is 38.1 Å². The summed E-state index contributed by atoms with van der Waals surface area (Å²) in [6.07, 6.45) is 24.0. The van der Waals surface area contributed by atoms with Gasteiger partial charge < -0.3 is 10.2 Å². The lowest BCUT2D eigenvalue weighted by Gasteiger charge is -2.25. The van der Waals surface area contributed by atoms with Crippen molar-refractivity contribution in [2.24, 2.45) is 5.92 Å². The van der Waals surface area contributed by atoms with Crippen molar-refractivity contribution in [3.8, 4) is 0 Å². The molecule has 0 aromatic heterocycles. The average molecular weight is 397 g/mol. The van der Waals surface area contributed by atoms with Gasteiger partial charge in [0.15, 0.2) is 0 Å². The number of hydrogen-bond donors (Lipinski definition) is 1. The van der Waals surface area contributed by atoms with E-state index in [9.17, 15) is 0 Å². The van der Waals surface area contributed by atoms with E-state index in [0.29, 0.717) is 0 Å². The number of nitrogens with one attached hydrogen (secondary N) is 1. The third-order valence-corrected chi connectivity index (χ3v) is 6.39. The van der Waals surface area contributed by atoms with Crippen LogP contribution < -0.4 is 5.32 Å². The van der Waals surface area contributed by atoms with Crippen molar-refractivity contribution >= 4 is 0 Å². The van der Waals surface area contributed by atoms with E-state index in [-0.39, 0.29) is 0 Å². The second kappa shape index (κ2) is 23.2. The minimum atomic E-state index is 0.901. The molecule has 0 aliphatic carbocycles. The molecule has 0 aliphatic heterocycles. The van der Waals surface area contributed by atoms with Gasteiger partial charge in [-0.2, -0.15) is 0 Å². The molecule has 0 aromatic carbocycles. The Hall–Kier alpha value is -0.0800. The van der Waals surface area contributed by atoms with Gasteiger partial charge in [-0.05, 0) is 64.8 Å². The highest BCUT2D eigenvalue weighted by atomic mass is 15.1. The lowest BCUT2D eigenvalue weighted by atomic mass is 9.98. The fourth-order valence-corrected chi connectivity index (χ4v) is 4.19. The van der Waals surface area contributed by atoms with Crippen LogP contribution >= 0.6 is 0 Å². The summed E-state index contributed by atoms with van der Waals surface area (Å²) in [7, 11) is 2.08. The summed E-state index contributed by atoms with van der Waals surface area (Å²) in [4.78, 5) is 2.81. The van der Waals surface area contributed by atoms with Gasteiger partial charge in [0.25, 0.3) is 0 Å². The Morgan fingerprint density at radius 2 is 1.04 bits per heavy atom. The van der Waals surface area contributed by atoms with Crippen LogP contribution in [0.25, 0.3) is 0 Å². The van der Waals surface area contributed by atoms with Crippen molar-refractivity contribution in [2.75, 3.05) is 33.2 Å². The zero-order valence-corrected chi connectivity index (χ0v) is 20.4. The van der Waals surface area contributed by atoms with Gasteiger partial charge >= 0.3 is 0 Å². The molecule has 0 amide bonds. The molecule has 1 N–H and O–H groups in total. The molecule has 2 nitrogen and oxygen atoms in total. The highest BCUT2D eigenvalue weighted by molar-refractivity contribution is 4.65. The predicted molar refractivity (Wildman–Crippen MR) is 129 cm³/mol. The molecule has 170 valence electrons. The largest absolute Gasteiger partial charge is 0.320 e. The predicted octanol–water partition coefficient (Wildman–Crippen LogP) is 7.82. The van der Waals surface area contributed by atoms with E-state index < -0.39 is 0 Å². The Balaban J connectivity index is 4.04. The first-order chi connectivity index (χ1) is 13.8. The molecule has 0 aromatic rings. The maximum absolute atomic E-state index is 3.33. The normalized spacial score (nSPS) is 12.8. The Morgan fingerprint density at radius 3 is 1.46 bits per heavy atom. The maximum Gasteiger partial charge on any atom is -0.00161 e. The molecule has 0 aliphatic rings. The molecule has 2 heteroatoms. The van der Waals surface area contributed by atoms with Crippen LogP contribution in [0.4, 0.5) is 0 Å². The van der Waals surface area contributed by atoms with Crippen molar-refractivity contribution in [2.45, 2.75) is 130 Å². The molecule has 1 unspecified atom stereocenters. The number of rotatable bonds is 23. The number of nitrogens with zero attached hydrogens (tertiary/aromatic N) is 1. The molecule has 0 saturated carbocycles. The molecule has 0 heterocycles. The molecule has 0 spiro atoms. The van der Waals surface area contributed by atoms with E-state index in [4.69, 9.17) is 0 Å². The topological polar surface area (TPSA) is 15.3 Å². The van der Waals surface area contributed by atoms with E-state index in [1.807, 2.05) is 0 Å². The van der Waals surface area contributed by atoms with Gasteiger partial charge in [0, 0.05) is 0 Å². The molecule has 28 heavy (non-hydrogen) atoms. The highest BCUT2D eigenvalue weighted by Crippen LogP contribution is 2.15. The monoisotopic (exact) mass is 396 g/mol. The summed E-state index contributed by atoms with van der Waals surface area (Å²) in [6, 6.07) is 0. The van der Waals surface area contributed by atoms with E-state index in [0.717, 1.165) is 5.92 Å². The Labute approximate surface area is 179 Å². The SMILES string of the molecule is CCCCCCCCCN(CCCCCCCCC)CCC(CC)CCNC.